The number of halogens is 1. The van der Waals surface area contributed by atoms with E-state index in [-0.39, 0.29) is 18.3 Å². The molecule has 0 aliphatic carbocycles. The topological polar surface area (TPSA) is 64.2 Å². The van der Waals surface area contributed by atoms with Crippen LogP contribution in [-0.4, -0.2) is 40.2 Å². The SMILES string of the molecule is Cc1cc(C)n(-c2ccc(C(=O)N(CCN)CCc3ccccc3)cc2)n1.Cl. The molecule has 0 aliphatic heterocycles. The predicted octanol–water partition coefficient (Wildman–Crippen LogP) is 3.55. The highest BCUT2D eigenvalue weighted by molar-refractivity contribution is 5.94. The standard InChI is InChI=1S/C22H26N4O.ClH/c1-17-16-18(2)26(24-17)21-10-8-20(9-11-21)22(27)25(15-13-23)14-12-19-6-4-3-5-7-19;/h3-11,16H,12-15,23H2,1-2H3;1H. The van der Waals surface area contributed by atoms with Crippen molar-refractivity contribution in [2.24, 2.45) is 5.73 Å². The summed E-state index contributed by atoms with van der Waals surface area (Å²) < 4.78 is 1.89. The fourth-order valence-electron chi connectivity index (χ4n) is 3.20. The monoisotopic (exact) mass is 398 g/mol. The molecule has 6 heteroatoms. The quantitative estimate of drug-likeness (QED) is 0.661. The van der Waals surface area contributed by atoms with E-state index < -0.39 is 0 Å². The minimum Gasteiger partial charge on any atom is -0.337 e. The lowest BCUT2D eigenvalue weighted by atomic mass is 10.1. The van der Waals surface area contributed by atoms with Crippen molar-refractivity contribution in [1.29, 1.82) is 0 Å². The molecule has 0 saturated carbocycles. The molecule has 148 valence electrons. The molecular weight excluding hydrogens is 372 g/mol. The van der Waals surface area contributed by atoms with Crippen LogP contribution in [0.1, 0.15) is 27.3 Å². The smallest absolute Gasteiger partial charge is 0.253 e. The summed E-state index contributed by atoms with van der Waals surface area (Å²) in [5.41, 5.74) is 10.6. The van der Waals surface area contributed by atoms with Gasteiger partial charge in [0.1, 0.15) is 0 Å². The van der Waals surface area contributed by atoms with Crippen molar-refractivity contribution in [3.8, 4) is 5.69 Å². The van der Waals surface area contributed by atoms with Gasteiger partial charge in [-0.1, -0.05) is 30.3 Å². The van der Waals surface area contributed by atoms with Gasteiger partial charge in [0.2, 0.25) is 0 Å². The largest absolute Gasteiger partial charge is 0.337 e. The molecule has 0 spiro atoms. The summed E-state index contributed by atoms with van der Waals surface area (Å²) in [5.74, 6) is 0.0105. The Labute approximate surface area is 172 Å². The average Bonchev–Trinajstić information content (AvgIpc) is 3.03. The van der Waals surface area contributed by atoms with E-state index in [9.17, 15) is 4.79 Å². The molecule has 1 aromatic heterocycles. The molecule has 5 nitrogen and oxygen atoms in total. The van der Waals surface area contributed by atoms with Gasteiger partial charge in [0.05, 0.1) is 11.4 Å². The third-order valence-corrected chi connectivity index (χ3v) is 4.57. The van der Waals surface area contributed by atoms with Crippen molar-refractivity contribution in [2.45, 2.75) is 20.3 Å². The van der Waals surface area contributed by atoms with Crippen LogP contribution in [0.4, 0.5) is 0 Å². The van der Waals surface area contributed by atoms with Crippen molar-refractivity contribution < 1.29 is 4.79 Å². The number of aryl methyl sites for hydroxylation is 2. The lowest BCUT2D eigenvalue weighted by Gasteiger charge is -2.22. The van der Waals surface area contributed by atoms with Crippen molar-refractivity contribution in [3.05, 3.63) is 83.2 Å². The van der Waals surface area contributed by atoms with Crippen molar-refractivity contribution in [1.82, 2.24) is 14.7 Å². The van der Waals surface area contributed by atoms with Gasteiger partial charge in [0.15, 0.2) is 0 Å². The highest BCUT2D eigenvalue weighted by Gasteiger charge is 2.15. The molecule has 2 N–H and O–H groups in total. The van der Waals surface area contributed by atoms with E-state index in [2.05, 4.69) is 17.2 Å². The second-order valence-electron chi connectivity index (χ2n) is 6.70. The normalized spacial score (nSPS) is 10.4. The van der Waals surface area contributed by atoms with Gasteiger partial charge in [-0.05, 0) is 56.2 Å². The summed E-state index contributed by atoms with van der Waals surface area (Å²) in [6, 6.07) is 19.8. The Morgan fingerprint density at radius 3 is 2.29 bits per heavy atom. The van der Waals surface area contributed by atoms with Gasteiger partial charge in [0.25, 0.3) is 5.91 Å². The van der Waals surface area contributed by atoms with Crippen LogP contribution in [0, 0.1) is 13.8 Å². The van der Waals surface area contributed by atoms with E-state index >= 15 is 0 Å². The summed E-state index contributed by atoms with van der Waals surface area (Å²) in [5, 5.41) is 4.49. The molecule has 0 saturated heterocycles. The Hall–Kier alpha value is -2.63. The second-order valence-corrected chi connectivity index (χ2v) is 6.70. The van der Waals surface area contributed by atoms with E-state index in [1.807, 2.05) is 72.0 Å². The van der Waals surface area contributed by atoms with Gasteiger partial charge >= 0.3 is 0 Å². The van der Waals surface area contributed by atoms with Gasteiger partial charge in [-0.3, -0.25) is 4.79 Å². The minimum absolute atomic E-state index is 0. The molecule has 3 rings (SSSR count). The van der Waals surface area contributed by atoms with Crippen LogP contribution in [0.3, 0.4) is 0 Å². The number of benzene rings is 2. The molecule has 28 heavy (non-hydrogen) atoms. The van der Waals surface area contributed by atoms with Crippen LogP contribution in [0.25, 0.3) is 5.69 Å². The molecule has 1 amide bonds. The van der Waals surface area contributed by atoms with Crippen LogP contribution < -0.4 is 5.73 Å². The van der Waals surface area contributed by atoms with Gasteiger partial charge in [0, 0.05) is 30.9 Å². The number of hydrogen-bond acceptors (Lipinski definition) is 3. The lowest BCUT2D eigenvalue weighted by Crippen LogP contribution is -2.36. The maximum Gasteiger partial charge on any atom is 0.253 e. The zero-order chi connectivity index (χ0) is 19.2. The van der Waals surface area contributed by atoms with Gasteiger partial charge in [-0.25, -0.2) is 4.68 Å². The van der Waals surface area contributed by atoms with Crippen LogP contribution in [0.5, 0.6) is 0 Å². The summed E-state index contributed by atoms with van der Waals surface area (Å²) in [6.07, 6.45) is 0.816. The number of hydrogen-bond donors (Lipinski definition) is 1. The third kappa shape index (κ3) is 5.21. The van der Waals surface area contributed by atoms with Crippen molar-refractivity contribution in [3.63, 3.8) is 0 Å². The number of rotatable bonds is 7. The molecule has 0 radical (unpaired) electrons. The third-order valence-electron chi connectivity index (χ3n) is 4.57. The average molecular weight is 399 g/mol. The number of carbonyl (C=O) groups excluding carboxylic acids is 1. The summed E-state index contributed by atoms with van der Waals surface area (Å²) in [4.78, 5) is 14.7. The van der Waals surface area contributed by atoms with E-state index in [4.69, 9.17) is 5.73 Å². The molecule has 1 heterocycles. The first-order valence-electron chi connectivity index (χ1n) is 9.25. The van der Waals surface area contributed by atoms with E-state index in [0.29, 0.717) is 25.2 Å². The Kier molecular flexibility index (Phi) is 7.79. The van der Waals surface area contributed by atoms with Crippen LogP contribution in [0.2, 0.25) is 0 Å². The fourth-order valence-corrected chi connectivity index (χ4v) is 3.20. The molecule has 0 unspecified atom stereocenters. The zero-order valence-corrected chi connectivity index (χ0v) is 17.2. The first-order valence-corrected chi connectivity index (χ1v) is 9.25. The summed E-state index contributed by atoms with van der Waals surface area (Å²) >= 11 is 0. The van der Waals surface area contributed by atoms with Crippen LogP contribution in [-0.2, 0) is 6.42 Å². The molecule has 0 bridgehead atoms. The van der Waals surface area contributed by atoms with Crippen LogP contribution >= 0.6 is 12.4 Å². The lowest BCUT2D eigenvalue weighted by molar-refractivity contribution is 0.0762. The molecule has 2 aromatic carbocycles. The number of amides is 1. The Morgan fingerprint density at radius 2 is 1.71 bits per heavy atom. The second kappa shape index (κ2) is 10.1. The Balaban J connectivity index is 0.00000280. The predicted molar refractivity (Wildman–Crippen MR) is 115 cm³/mol. The van der Waals surface area contributed by atoms with Crippen LogP contribution in [0.15, 0.2) is 60.7 Å². The number of nitrogens with two attached hydrogens (primary N) is 1. The summed E-state index contributed by atoms with van der Waals surface area (Å²) in [6.45, 7) is 5.64. The first kappa shape index (κ1) is 21.7. The number of aromatic nitrogens is 2. The molecule has 0 aliphatic rings. The fraction of sp³-hybridized carbons (Fsp3) is 0.273. The maximum absolute atomic E-state index is 12.9. The van der Waals surface area contributed by atoms with E-state index in [1.54, 1.807) is 0 Å². The molecule has 0 fully saturated rings. The minimum atomic E-state index is 0. The Bertz CT molecular complexity index is 891. The zero-order valence-electron chi connectivity index (χ0n) is 16.3. The van der Waals surface area contributed by atoms with Crippen molar-refractivity contribution >= 4 is 18.3 Å². The first-order chi connectivity index (χ1) is 13.1. The van der Waals surface area contributed by atoms with Gasteiger partial charge < -0.3 is 10.6 Å². The molecule has 3 aromatic rings. The highest BCUT2D eigenvalue weighted by Crippen LogP contribution is 2.14. The summed E-state index contributed by atoms with van der Waals surface area (Å²) in [7, 11) is 0. The molecular formula is C22H27ClN4O. The highest BCUT2D eigenvalue weighted by atomic mass is 35.5. The van der Waals surface area contributed by atoms with E-state index in [1.165, 1.54) is 5.56 Å². The van der Waals surface area contributed by atoms with Crippen molar-refractivity contribution in [2.75, 3.05) is 19.6 Å². The van der Waals surface area contributed by atoms with Gasteiger partial charge in [-0.15, -0.1) is 12.4 Å². The van der Waals surface area contributed by atoms with E-state index in [0.717, 1.165) is 23.5 Å². The number of carbonyl (C=O) groups is 1. The van der Waals surface area contributed by atoms with Gasteiger partial charge in [-0.2, -0.15) is 5.10 Å². The maximum atomic E-state index is 12.9. The number of nitrogens with zero attached hydrogens (tertiary/aromatic N) is 3. The molecule has 0 atom stereocenters. The Morgan fingerprint density at radius 1 is 1.04 bits per heavy atom.